The number of thiazole rings is 1. The van der Waals surface area contributed by atoms with E-state index in [0.29, 0.717) is 16.4 Å². The normalized spacial score (nSPS) is 11.1. The van der Waals surface area contributed by atoms with Crippen LogP contribution in [0.1, 0.15) is 5.56 Å². The van der Waals surface area contributed by atoms with Gasteiger partial charge in [0.2, 0.25) is 5.13 Å². The van der Waals surface area contributed by atoms with E-state index in [-0.39, 0.29) is 16.3 Å². The summed E-state index contributed by atoms with van der Waals surface area (Å²) in [5, 5.41) is 25.7. The van der Waals surface area contributed by atoms with Crippen molar-refractivity contribution in [1.82, 2.24) is 4.98 Å². The number of phenols is 2. The lowest BCUT2D eigenvalue weighted by molar-refractivity contribution is 0.434. The van der Waals surface area contributed by atoms with Crippen LogP contribution in [0.2, 0.25) is 5.02 Å². The number of rotatable bonds is 4. The van der Waals surface area contributed by atoms with Crippen LogP contribution in [0, 0.1) is 5.82 Å². The van der Waals surface area contributed by atoms with Crippen LogP contribution >= 0.6 is 22.9 Å². The summed E-state index contributed by atoms with van der Waals surface area (Å²) in [5.41, 5.74) is 3.85. The molecule has 0 saturated heterocycles. The molecular formula is C16H11ClFN3O2S. The zero-order chi connectivity index (χ0) is 17.1. The van der Waals surface area contributed by atoms with Crippen LogP contribution < -0.4 is 5.43 Å². The second-order valence-electron chi connectivity index (χ2n) is 4.75. The average molecular weight is 364 g/mol. The summed E-state index contributed by atoms with van der Waals surface area (Å²) in [6.45, 7) is 0. The summed E-state index contributed by atoms with van der Waals surface area (Å²) in [6.07, 6.45) is 1.45. The topological polar surface area (TPSA) is 77.7 Å². The number of hydrogen-bond acceptors (Lipinski definition) is 6. The van der Waals surface area contributed by atoms with Crippen molar-refractivity contribution in [2.24, 2.45) is 5.10 Å². The number of nitrogens with zero attached hydrogens (tertiary/aromatic N) is 2. The van der Waals surface area contributed by atoms with Gasteiger partial charge in [0.25, 0.3) is 0 Å². The molecule has 0 amide bonds. The first-order valence-electron chi connectivity index (χ1n) is 6.75. The SMILES string of the molecule is Oc1ccccc1/C=N/Nc1nc(-c2cc(Cl)cc(F)c2O)cs1. The van der Waals surface area contributed by atoms with Crippen molar-refractivity contribution in [3.8, 4) is 22.8 Å². The molecule has 1 aromatic heterocycles. The van der Waals surface area contributed by atoms with Crippen LogP contribution in [0.5, 0.6) is 11.5 Å². The molecule has 0 fully saturated rings. The Balaban J connectivity index is 1.78. The zero-order valence-electron chi connectivity index (χ0n) is 12.1. The van der Waals surface area contributed by atoms with Gasteiger partial charge in [-0.2, -0.15) is 5.10 Å². The number of hydrazone groups is 1. The average Bonchev–Trinajstić information content (AvgIpc) is 3.01. The minimum atomic E-state index is -0.808. The molecule has 3 aromatic rings. The fourth-order valence-corrected chi connectivity index (χ4v) is 2.83. The number of aromatic nitrogens is 1. The van der Waals surface area contributed by atoms with Gasteiger partial charge >= 0.3 is 0 Å². The lowest BCUT2D eigenvalue weighted by Gasteiger charge is -2.03. The van der Waals surface area contributed by atoms with E-state index in [2.05, 4.69) is 15.5 Å². The highest BCUT2D eigenvalue weighted by Crippen LogP contribution is 2.35. The number of hydrogen-bond donors (Lipinski definition) is 3. The van der Waals surface area contributed by atoms with Crippen molar-refractivity contribution >= 4 is 34.3 Å². The number of anilines is 1. The van der Waals surface area contributed by atoms with Crippen LogP contribution in [0.15, 0.2) is 46.9 Å². The molecule has 0 aliphatic carbocycles. The predicted molar refractivity (Wildman–Crippen MR) is 93.5 cm³/mol. The van der Waals surface area contributed by atoms with E-state index in [4.69, 9.17) is 11.6 Å². The molecule has 0 atom stereocenters. The molecule has 5 nitrogen and oxygen atoms in total. The smallest absolute Gasteiger partial charge is 0.203 e. The maximum absolute atomic E-state index is 13.5. The van der Waals surface area contributed by atoms with Crippen molar-refractivity contribution in [3.05, 3.63) is 58.2 Å². The van der Waals surface area contributed by atoms with E-state index in [1.54, 1.807) is 29.6 Å². The van der Waals surface area contributed by atoms with Crippen LogP contribution in [0.4, 0.5) is 9.52 Å². The van der Waals surface area contributed by atoms with Gasteiger partial charge in [-0.3, -0.25) is 5.43 Å². The van der Waals surface area contributed by atoms with Crippen LogP contribution in [-0.2, 0) is 0 Å². The highest BCUT2D eigenvalue weighted by Gasteiger charge is 2.14. The molecule has 0 bridgehead atoms. The third-order valence-corrected chi connectivity index (χ3v) is 4.07. The largest absolute Gasteiger partial charge is 0.507 e. The molecule has 2 aromatic carbocycles. The lowest BCUT2D eigenvalue weighted by atomic mass is 10.1. The molecule has 3 N–H and O–H groups in total. The lowest BCUT2D eigenvalue weighted by Crippen LogP contribution is -1.91. The maximum atomic E-state index is 13.5. The number of aromatic hydroxyl groups is 2. The summed E-state index contributed by atoms with van der Waals surface area (Å²) in [6, 6.07) is 9.22. The Morgan fingerprint density at radius 2 is 2.04 bits per heavy atom. The van der Waals surface area contributed by atoms with Gasteiger partial charge < -0.3 is 10.2 Å². The fraction of sp³-hybridized carbons (Fsp3) is 0. The number of benzene rings is 2. The summed E-state index contributed by atoms with van der Waals surface area (Å²) in [5.74, 6) is -1.20. The third kappa shape index (κ3) is 3.47. The van der Waals surface area contributed by atoms with Gasteiger partial charge in [0.1, 0.15) is 5.75 Å². The monoisotopic (exact) mass is 363 g/mol. The zero-order valence-corrected chi connectivity index (χ0v) is 13.6. The summed E-state index contributed by atoms with van der Waals surface area (Å²) < 4.78 is 13.5. The molecule has 8 heteroatoms. The number of nitrogens with one attached hydrogen (secondary N) is 1. The Labute approximate surface area is 145 Å². The van der Waals surface area contributed by atoms with Crippen LogP contribution in [0.25, 0.3) is 11.3 Å². The van der Waals surface area contributed by atoms with Crippen molar-refractivity contribution in [3.63, 3.8) is 0 Å². The predicted octanol–water partition coefficient (Wildman–Crippen LogP) is 4.46. The summed E-state index contributed by atoms with van der Waals surface area (Å²) >= 11 is 7.04. The number of halogens is 2. The van der Waals surface area contributed by atoms with E-state index < -0.39 is 11.6 Å². The van der Waals surface area contributed by atoms with Crippen molar-refractivity contribution < 1.29 is 14.6 Å². The second kappa shape index (κ2) is 6.86. The fourth-order valence-electron chi connectivity index (χ4n) is 1.96. The van der Waals surface area contributed by atoms with E-state index in [0.717, 1.165) is 6.07 Å². The molecule has 0 spiro atoms. The van der Waals surface area contributed by atoms with E-state index in [1.807, 2.05) is 0 Å². The Bertz CT molecular complexity index is 914. The molecule has 0 aliphatic rings. The molecule has 3 rings (SSSR count). The molecule has 0 saturated carbocycles. The molecule has 24 heavy (non-hydrogen) atoms. The van der Waals surface area contributed by atoms with Gasteiger partial charge in [0, 0.05) is 21.5 Å². The van der Waals surface area contributed by atoms with Crippen LogP contribution in [-0.4, -0.2) is 21.4 Å². The van der Waals surface area contributed by atoms with Gasteiger partial charge in [-0.1, -0.05) is 23.7 Å². The van der Waals surface area contributed by atoms with E-state index in [1.165, 1.54) is 23.6 Å². The number of para-hydroxylation sites is 1. The van der Waals surface area contributed by atoms with E-state index in [9.17, 15) is 14.6 Å². The van der Waals surface area contributed by atoms with Gasteiger partial charge in [0.15, 0.2) is 11.6 Å². The Hall–Kier alpha value is -2.64. The first-order chi connectivity index (χ1) is 11.5. The van der Waals surface area contributed by atoms with Crippen molar-refractivity contribution in [2.75, 3.05) is 5.43 Å². The summed E-state index contributed by atoms with van der Waals surface area (Å²) in [4.78, 5) is 4.22. The minimum absolute atomic E-state index is 0.113. The molecule has 1 heterocycles. The standard InChI is InChI=1S/C16H11ClFN3O2S/c17-10-5-11(15(23)12(18)6-10)13-8-24-16(20-13)21-19-7-9-3-1-2-4-14(9)22/h1-8,22-23H,(H,20,21)/b19-7+. The van der Waals surface area contributed by atoms with Crippen LogP contribution in [0.3, 0.4) is 0 Å². The highest BCUT2D eigenvalue weighted by atomic mass is 35.5. The third-order valence-electron chi connectivity index (χ3n) is 3.11. The van der Waals surface area contributed by atoms with Crippen molar-refractivity contribution in [1.29, 1.82) is 0 Å². The molecule has 122 valence electrons. The summed E-state index contributed by atoms with van der Waals surface area (Å²) in [7, 11) is 0. The maximum Gasteiger partial charge on any atom is 0.203 e. The van der Waals surface area contributed by atoms with Gasteiger partial charge in [-0.15, -0.1) is 11.3 Å². The first kappa shape index (κ1) is 16.2. The van der Waals surface area contributed by atoms with Crippen molar-refractivity contribution in [2.45, 2.75) is 0 Å². The van der Waals surface area contributed by atoms with Gasteiger partial charge in [0.05, 0.1) is 11.9 Å². The first-order valence-corrected chi connectivity index (χ1v) is 8.01. The van der Waals surface area contributed by atoms with Gasteiger partial charge in [-0.25, -0.2) is 9.37 Å². The number of phenolic OH excluding ortho intramolecular Hbond substituents is 2. The van der Waals surface area contributed by atoms with E-state index >= 15 is 0 Å². The second-order valence-corrected chi connectivity index (χ2v) is 6.05. The molecular weight excluding hydrogens is 353 g/mol. The molecule has 0 radical (unpaired) electrons. The molecule has 0 aliphatic heterocycles. The molecule has 0 unspecified atom stereocenters. The Morgan fingerprint density at radius 1 is 1.25 bits per heavy atom. The Morgan fingerprint density at radius 3 is 2.83 bits per heavy atom. The Kier molecular flexibility index (Phi) is 4.64. The minimum Gasteiger partial charge on any atom is -0.507 e. The van der Waals surface area contributed by atoms with Gasteiger partial charge in [-0.05, 0) is 24.3 Å². The quantitative estimate of drug-likeness (QED) is 0.472. The highest BCUT2D eigenvalue weighted by molar-refractivity contribution is 7.14.